The maximum absolute atomic E-state index is 12.6. The van der Waals surface area contributed by atoms with Crippen molar-refractivity contribution in [3.63, 3.8) is 0 Å². The SMILES string of the molecule is CCCCCCCCCCCCCCC(C(=O)O)(c1ccccc1)C1CCCCN1. The van der Waals surface area contributed by atoms with Crippen LogP contribution in [0.2, 0.25) is 0 Å². The number of benzene rings is 1. The molecule has 1 fully saturated rings. The summed E-state index contributed by atoms with van der Waals surface area (Å²) in [6.45, 7) is 3.21. The third kappa shape index (κ3) is 7.72. The second kappa shape index (κ2) is 14.6. The highest BCUT2D eigenvalue weighted by Crippen LogP contribution is 2.37. The number of carboxylic acid groups (broad SMARTS) is 1. The van der Waals surface area contributed by atoms with Crippen molar-refractivity contribution in [3.05, 3.63) is 35.9 Å². The first kappa shape index (κ1) is 24.9. The number of piperidine rings is 1. The van der Waals surface area contributed by atoms with Gasteiger partial charge in [-0.05, 0) is 31.4 Å². The molecule has 0 aromatic heterocycles. The van der Waals surface area contributed by atoms with Gasteiger partial charge in [0.2, 0.25) is 0 Å². The van der Waals surface area contributed by atoms with Gasteiger partial charge >= 0.3 is 5.97 Å². The van der Waals surface area contributed by atoms with Crippen LogP contribution in [0.1, 0.15) is 115 Å². The zero-order valence-corrected chi connectivity index (χ0v) is 19.3. The molecule has 2 unspecified atom stereocenters. The molecule has 0 radical (unpaired) electrons. The third-order valence-corrected chi connectivity index (χ3v) is 7.00. The van der Waals surface area contributed by atoms with Gasteiger partial charge in [0.15, 0.2) is 0 Å². The summed E-state index contributed by atoms with van der Waals surface area (Å²) in [6.07, 6.45) is 19.6. The van der Waals surface area contributed by atoms with Crippen molar-refractivity contribution >= 4 is 5.97 Å². The normalized spacial score (nSPS) is 18.8. The molecular weight excluding hydrogens is 370 g/mol. The lowest BCUT2D eigenvalue weighted by Crippen LogP contribution is -2.55. The van der Waals surface area contributed by atoms with Crippen molar-refractivity contribution in [2.45, 2.75) is 121 Å². The second-order valence-corrected chi connectivity index (χ2v) is 9.28. The summed E-state index contributed by atoms with van der Waals surface area (Å²) in [4.78, 5) is 12.6. The number of aliphatic carboxylic acids is 1. The van der Waals surface area contributed by atoms with E-state index in [0.29, 0.717) is 0 Å². The Balaban J connectivity index is 1.76. The first-order valence-electron chi connectivity index (χ1n) is 12.7. The summed E-state index contributed by atoms with van der Waals surface area (Å²) in [7, 11) is 0. The van der Waals surface area contributed by atoms with Gasteiger partial charge in [-0.15, -0.1) is 0 Å². The Hall–Kier alpha value is -1.35. The Morgan fingerprint density at radius 3 is 1.97 bits per heavy atom. The summed E-state index contributed by atoms with van der Waals surface area (Å²) < 4.78 is 0. The lowest BCUT2D eigenvalue weighted by atomic mass is 9.68. The standard InChI is InChI=1S/C27H45NO2/c1-2-3-4-5-6-7-8-9-10-11-12-17-22-27(26(29)30,24-19-14-13-15-20-24)25-21-16-18-23-28-25/h13-15,19-20,25,28H,2-12,16-18,21-23H2,1H3,(H,29,30). The number of hydrogen-bond acceptors (Lipinski definition) is 2. The number of rotatable bonds is 16. The van der Waals surface area contributed by atoms with Crippen LogP contribution in [0.5, 0.6) is 0 Å². The first-order chi connectivity index (χ1) is 14.7. The predicted octanol–water partition coefficient (Wildman–Crippen LogP) is 7.24. The van der Waals surface area contributed by atoms with E-state index in [4.69, 9.17) is 0 Å². The van der Waals surface area contributed by atoms with E-state index in [1.54, 1.807) is 0 Å². The van der Waals surface area contributed by atoms with Gasteiger partial charge in [-0.3, -0.25) is 4.79 Å². The summed E-state index contributed by atoms with van der Waals surface area (Å²) in [5.74, 6) is -0.656. The second-order valence-electron chi connectivity index (χ2n) is 9.28. The topological polar surface area (TPSA) is 49.3 Å². The van der Waals surface area contributed by atoms with Gasteiger partial charge in [0.05, 0.1) is 0 Å². The highest BCUT2D eigenvalue weighted by atomic mass is 16.4. The summed E-state index contributed by atoms with van der Waals surface area (Å²) in [6, 6.07) is 10.0. The van der Waals surface area contributed by atoms with E-state index >= 15 is 0 Å². The van der Waals surface area contributed by atoms with Crippen LogP contribution in [-0.4, -0.2) is 23.7 Å². The van der Waals surface area contributed by atoms with Crippen molar-refractivity contribution in [2.24, 2.45) is 0 Å². The fourth-order valence-corrected chi connectivity index (χ4v) is 5.15. The molecule has 0 amide bonds. The minimum atomic E-state index is -0.791. The van der Waals surface area contributed by atoms with Crippen LogP contribution in [0.15, 0.2) is 30.3 Å². The molecule has 3 heteroatoms. The lowest BCUT2D eigenvalue weighted by Gasteiger charge is -2.40. The molecule has 1 aromatic rings. The zero-order chi connectivity index (χ0) is 21.5. The van der Waals surface area contributed by atoms with Gasteiger partial charge in [0.25, 0.3) is 0 Å². The van der Waals surface area contributed by atoms with Crippen LogP contribution in [0.4, 0.5) is 0 Å². The van der Waals surface area contributed by atoms with Gasteiger partial charge in [-0.2, -0.15) is 0 Å². The summed E-state index contributed by atoms with van der Waals surface area (Å²) in [5.41, 5.74) is 0.181. The van der Waals surface area contributed by atoms with Gasteiger partial charge in [0, 0.05) is 6.04 Å². The predicted molar refractivity (Wildman–Crippen MR) is 127 cm³/mol. The molecule has 2 rings (SSSR count). The fraction of sp³-hybridized carbons (Fsp3) is 0.741. The van der Waals surface area contributed by atoms with Gasteiger partial charge < -0.3 is 10.4 Å². The van der Waals surface area contributed by atoms with Crippen molar-refractivity contribution in [3.8, 4) is 0 Å². The Labute approximate surface area is 185 Å². The molecule has 30 heavy (non-hydrogen) atoms. The number of hydrogen-bond donors (Lipinski definition) is 2. The van der Waals surface area contributed by atoms with Crippen molar-refractivity contribution in [1.29, 1.82) is 0 Å². The van der Waals surface area contributed by atoms with E-state index in [2.05, 4.69) is 12.2 Å². The molecule has 1 aromatic carbocycles. The van der Waals surface area contributed by atoms with Crippen LogP contribution in [0.3, 0.4) is 0 Å². The van der Waals surface area contributed by atoms with Crippen molar-refractivity contribution in [1.82, 2.24) is 5.32 Å². The average Bonchev–Trinajstić information content (AvgIpc) is 2.78. The van der Waals surface area contributed by atoms with Crippen LogP contribution in [-0.2, 0) is 10.2 Å². The summed E-state index contributed by atoms with van der Waals surface area (Å²) in [5, 5.41) is 13.9. The number of unbranched alkanes of at least 4 members (excludes halogenated alkanes) is 11. The van der Waals surface area contributed by atoms with Crippen LogP contribution in [0, 0.1) is 0 Å². The number of carboxylic acids is 1. The molecule has 0 spiro atoms. The summed E-state index contributed by atoms with van der Waals surface area (Å²) >= 11 is 0. The molecule has 1 heterocycles. The maximum atomic E-state index is 12.6. The van der Waals surface area contributed by atoms with Gasteiger partial charge in [-0.1, -0.05) is 121 Å². The molecule has 3 nitrogen and oxygen atoms in total. The quantitative estimate of drug-likeness (QED) is 0.280. The molecule has 1 aliphatic rings. The van der Waals surface area contributed by atoms with E-state index in [9.17, 15) is 9.90 Å². The van der Waals surface area contributed by atoms with E-state index in [0.717, 1.165) is 50.6 Å². The molecule has 0 aliphatic carbocycles. The minimum absolute atomic E-state index is 0.0406. The largest absolute Gasteiger partial charge is 0.481 e. The Morgan fingerprint density at radius 1 is 0.900 bits per heavy atom. The van der Waals surface area contributed by atoms with Gasteiger partial charge in [-0.25, -0.2) is 0 Å². The maximum Gasteiger partial charge on any atom is 0.315 e. The molecule has 2 atom stereocenters. The third-order valence-electron chi connectivity index (χ3n) is 7.00. The molecule has 0 bridgehead atoms. The average molecular weight is 416 g/mol. The van der Waals surface area contributed by atoms with Gasteiger partial charge in [0.1, 0.15) is 5.41 Å². The van der Waals surface area contributed by atoms with E-state index in [1.807, 2.05) is 30.3 Å². The van der Waals surface area contributed by atoms with Crippen LogP contribution >= 0.6 is 0 Å². The highest BCUT2D eigenvalue weighted by Gasteiger charge is 2.47. The Morgan fingerprint density at radius 2 is 1.47 bits per heavy atom. The van der Waals surface area contributed by atoms with Crippen molar-refractivity contribution < 1.29 is 9.90 Å². The Kier molecular flexibility index (Phi) is 12.1. The minimum Gasteiger partial charge on any atom is -0.481 e. The van der Waals surface area contributed by atoms with Crippen molar-refractivity contribution in [2.75, 3.05) is 6.54 Å². The van der Waals surface area contributed by atoms with E-state index in [-0.39, 0.29) is 6.04 Å². The molecule has 170 valence electrons. The van der Waals surface area contributed by atoms with E-state index in [1.165, 1.54) is 64.2 Å². The fourth-order valence-electron chi connectivity index (χ4n) is 5.15. The zero-order valence-electron chi connectivity index (χ0n) is 19.3. The molecule has 1 aliphatic heterocycles. The monoisotopic (exact) mass is 415 g/mol. The first-order valence-corrected chi connectivity index (χ1v) is 12.7. The Bertz CT molecular complexity index is 567. The molecule has 1 saturated heterocycles. The number of nitrogens with one attached hydrogen (secondary N) is 1. The smallest absolute Gasteiger partial charge is 0.315 e. The van der Waals surface area contributed by atoms with E-state index < -0.39 is 11.4 Å². The highest BCUT2D eigenvalue weighted by molar-refractivity contribution is 5.82. The molecule has 2 N–H and O–H groups in total. The molecule has 0 saturated carbocycles. The number of carbonyl (C=O) groups is 1. The molecular formula is C27H45NO2. The van der Waals surface area contributed by atoms with Crippen LogP contribution in [0.25, 0.3) is 0 Å². The lowest BCUT2D eigenvalue weighted by molar-refractivity contribution is -0.146. The van der Waals surface area contributed by atoms with Crippen LogP contribution < -0.4 is 5.32 Å².